The molecular weight excluding hydrogens is 208 g/mol. The van der Waals surface area contributed by atoms with E-state index in [0.29, 0.717) is 12.6 Å². The molecule has 0 aromatic carbocycles. The first kappa shape index (κ1) is 10.7. The molecule has 0 bridgehead atoms. The first-order valence-corrected chi connectivity index (χ1v) is 6.41. The minimum absolute atomic E-state index is 0.453. The van der Waals surface area contributed by atoms with Crippen molar-refractivity contribution in [2.24, 2.45) is 5.73 Å². The van der Waals surface area contributed by atoms with Crippen LogP contribution in [0.3, 0.4) is 0 Å². The van der Waals surface area contributed by atoms with E-state index in [2.05, 4.69) is 14.9 Å². The summed E-state index contributed by atoms with van der Waals surface area (Å²) in [5.74, 6) is 1.02. The topological polar surface area (TPSA) is 55.0 Å². The SMILES string of the molecule is CSc1nccc(N2CCCC2CN)n1. The number of anilines is 1. The monoisotopic (exact) mass is 224 g/mol. The molecule has 0 amide bonds. The van der Waals surface area contributed by atoms with E-state index in [4.69, 9.17) is 5.73 Å². The molecule has 0 saturated carbocycles. The number of aromatic nitrogens is 2. The number of nitrogens with two attached hydrogens (primary N) is 1. The lowest BCUT2D eigenvalue weighted by atomic mass is 10.2. The molecular formula is C10H16N4S. The van der Waals surface area contributed by atoms with Crippen LogP contribution in [0.4, 0.5) is 5.82 Å². The van der Waals surface area contributed by atoms with Crippen molar-refractivity contribution in [1.29, 1.82) is 0 Å². The molecule has 1 fully saturated rings. The van der Waals surface area contributed by atoms with Crippen molar-refractivity contribution in [2.45, 2.75) is 24.0 Å². The van der Waals surface area contributed by atoms with Gasteiger partial charge in [0.1, 0.15) is 5.82 Å². The van der Waals surface area contributed by atoms with Crippen molar-refractivity contribution in [3.8, 4) is 0 Å². The highest BCUT2D eigenvalue weighted by atomic mass is 32.2. The molecule has 2 rings (SSSR count). The molecule has 82 valence electrons. The van der Waals surface area contributed by atoms with Crippen LogP contribution in [-0.2, 0) is 0 Å². The summed E-state index contributed by atoms with van der Waals surface area (Å²) in [4.78, 5) is 11.0. The fourth-order valence-electron chi connectivity index (χ4n) is 1.97. The van der Waals surface area contributed by atoms with E-state index in [1.165, 1.54) is 12.8 Å². The van der Waals surface area contributed by atoms with E-state index in [1.54, 1.807) is 11.8 Å². The Balaban J connectivity index is 2.20. The van der Waals surface area contributed by atoms with Crippen molar-refractivity contribution >= 4 is 17.6 Å². The van der Waals surface area contributed by atoms with E-state index in [1.807, 2.05) is 18.5 Å². The first-order valence-electron chi connectivity index (χ1n) is 5.19. The van der Waals surface area contributed by atoms with Crippen molar-refractivity contribution in [3.63, 3.8) is 0 Å². The van der Waals surface area contributed by atoms with Crippen molar-refractivity contribution in [3.05, 3.63) is 12.3 Å². The molecule has 1 atom stereocenters. The maximum Gasteiger partial charge on any atom is 0.189 e. The van der Waals surface area contributed by atoms with Crippen LogP contribution in [0.2, 0.25) is 0 Å². The van der Waals surface area contributed by atoms with E-state index in [0.717, 1.165) is 17.5 Å². The molecule has 1 saturated heterocycles. The van der Waals surface area contributed by atoms with Crippen LogP contribution < -0.4 is 10.6 Å². The summed E-state index contributed by atoms with van der Waals surface area (Å²) < 4.78 is 0. The molecule has 15 heavy (non-hydrogen) atoms. The maximum atomic E-state index is 5.74. The summed E-state index contributed by atoms with van der Waals surface area (Å²) in [5, 5.41) is 0.829. The molecule has 1 aliphatic heterocycles. The van der Waals surface area contributed by atoms with Gasteiger partial charge in [-0.15, -0.1) is 0 Å². The van der Waals surface area contributed by atoms with Gasteiger partial charge >= 0.3 is 0 Å². The molecule has 0 spiro atoms. The average Bonchev–Trinajstić information content (AvgIpc) is 2.77. The second-order valence-corrected chi connectivity index (χ2v) is 4.40. The predicted octanol–water partition coefficient (Wildman–Crippen LogP) is 1.13. The van der Waals surface area contributed by atoms with Gasteiger partial charge in [0.15, 0.2) is 5.16 Å². The van der Waals surface area contributed by atoms with Gasteiger partial charge in [0, 0.05) is 25.3 Å². The standard InChI is InChI=1S/C10H16N4S/c1-15-10-12-5-4-9(13-10)14-6-2-3-8(14)7-11/h4-5,8H,2-3,6-7,11H2,1H3. The van der Waals surface area contributed by atoms with Crippen LogP contribution in [0.1, 0.15) is 12.8 Å². The van der Waals surface area contributed by atoms with Gasteiger partial charge < -0.3 is 10.6 Å². The Kier molecular flexibility index (Phi) is 3.43. The third kappa shape index (κ3) is 2.23. The molecule has 2 N–H and O–H groups in total. The fraction of sp³-hybridized carbons (Fsp3) is 0.600. The van der Waals surface area contributed by atoms with Crippen molar-refractivity contribution in [1.82, 2.24) is 9.97 Å². The van der Waals surface area contributed by atoms with Gasteiger partial charge in [0.05, 0.1) is 0 Å². The zero-order valence-electron chi connectivity index (χ0n) is 8.89. The maximum absolute atomic E-state index is 5.74. The van der Waals surface area contributed by atoms with E-state index in [-0.39, 0.29) is 0 Å². The van der Waals surface area contributed by atoms with Crippen LogP contribution >= 0.6 is 11.8 Å². The third-order valence-electron chi connectivity index (χ3n) is 2.74. The highest BCUT2D eigenvalue weighted by Crippen LogP contribution is 2.23. The van der Waals surface area contributed by atoms with Crippen LogP contribution in [0.5, 0.6) is 0 Å². The van der Waals surface area contributed by atoms with E-state index in [9.17, 15) is 0 Å². The first-order chi connectivity index (χ1) is 7.35. The Morgan fingerprint density at radius 3 is 3.27 bits per heavy atom. The van der Waals surface area contributed by atoms with Gasteiger partial charge in [0.2, 0.25) is 0 Å². The third-order valence-corrected chi connectivity index (χ3v) is 3.31. The Morgan fingerprint density at radius 2 is 2.53 bits per heavy atom. The van der Waals surface area contributed by atoms with Gasteiger partial charge in [0.25, 0.3) is 0 Å². The molecule has 1 aliphatic rings. The minimum atomic E-state index is 0.453. The summed E-state index contributed by atoms with van der Waals surface area (Å²) >= 11 is 1.57. The normalized spacial score (nSPS) is 20.9. The molecule has 0 aliphatic carbocycles. The predicted molar refractivity (Wildman–Crippen MR) is 63.2 cm³/mol. The summed E-state index contributed by atoms with van der Waals surface area (Å²) in [7, 11) is 0. The largest absolute Gasteiger partial charge is 0.352 e. The zero-order chi connectivity index (χ0) is 10.7. The van der Waals surface area contributed by atoms with Gasteiger partial charge in [-0.3, -0.25) is 0 Å². The highest BCUT2D eigenvalue weighted by Gasteiger charge is 2.24. The Morgan fingerprint density at radius 1 is 1.67 bits per heavy atom. The van der Waals surface area contributed by atoms with Gasteiger partial charge in [-0.1, -0.05) is 11.8 Å². The molecule has 2 heterocycles. The lowest BCUT2D eigenvalue weighted by molar-refractivity contribution is 0.667. The quantitative estimate of drug-likeness (QED) is 0.616. The smallest absolute Gasteiger partial charge is 0.189 e. The second kappa shape index (κ2) is 4.81. The van der Waals surface area contributed by atoms with Crippen LogP contribution in [0.15, 0.2) is 17.4 Å². The average molecular weight is 224 g/mol. The Bertz CT molecular complexity index is 331. The fourth-order valence-corrected chi connectivity index (χ4v) is 2.32. The number of rotatable bonds is 3. The van der Waals surface area contributed by atoms with Gasteiger partial charge in [-0.25, -0.2) is 9.97 Å². The Labute approximate surface area is 94.3 Å². The molecule has 1 aromatic heterocycles. The minimum Gasteiger partial charge on any atom is -0.352 e. The van der Waals surface area contributed by atoms with E-state index >= 15 is 0 Å². The zero-order valence-corrected chi connectivity index (χ0v) is 9.70. The molecule has 0 radical (unpaired) electrons. The number of hydrogen-bond acceptors (Lipinski definition) is 5. The second-order valence-electron chi connectivity index (χ2n) is 3.63. The summed E-state index contributed by atoms with van der Waals surface area (Å²) in [6.45, 7) is 1.77. The molecule has 5 heteroatoms. The lowest BCUT2D eigenvalue weighted by Gasteiger charge is -2.24. The van der Waals surface area contributed by atoms with E-state index < -0.39 is 0 Å². The Hall–Kier alpha value is -0.810. The van der Waals surface area contributed by atoms with Crippen molar-refractivity contribution < 1.29 is 0 Å². The summed E-state index contributed by atoms with van der Waals surface area (Å²) in [6.07, 6.45) is 6.19. The van der Waals surface area contributed by atoms with Gasteiger partial charge in [-0.05, 0) is 25.2 Å². The molecule has 1 unspecified atom stereocenters. The number of thioether (sulfide) groups is 1. The van der Waals surface area contributed by atoms with Crippen LogP contribution in [-0.4, -0.2) is 35.4 Å². The van der Waals surface area contributed by atoms with Gasteiger partial charge in [-0.2, -0.15) is 0 Å². The van der Waals surface area contributed by atoms with Crippen LogP contribution in [0, 0.1) is 0 Å². The summed E-state index contributed by atoms with van der Waals surface area (Å²) in [5.41, 5.74) is 5.74. The number of hydrogen-bond donors (Lipinski definition) is 1. The summed E-state index contributed by atoms with van der Waals surface area (Å²) in [6, 6.07) is 2.42. The highest BCUT2D eigenvalue weighted by molar-refractivity contribution is 7.98. The lowest BCUT2D eigenvalue weighted by Crippen LogP contribution is -2.35. The van der Waals surface area contributed by atoms with Crippen molar-refractivity contribution in [2.75, 3.05) is 24.2 Å². The van der Waals surface area contributed by atoms with Crippen LogP contribution in [0.25, 0.3) is 0 Å². The molecule has 1 aromatic rings. The number of nitrogens with zero attached hydrogens (tertiary/aromatic N) is 3. The molecule has 4 nitrogen and oxygen atoms in total.